The smallest absolute Gasteiger partial charge is 0.274 e. The van der Waals surface area contributed by atoms with E-state index in [2.05, 4.69) is 10.3 Å². The second-order valence-corrected chi connectivity index (χ2v) is 8.17. The molecule has 7 nitrogen and oxygen atoms in total. The first-order valence-electron chi connectivity index (χ1n) is 8.03. The Bertz CT molecular complexity index is 857. The summed E-state index contributed by atoms with van der Waals surface area (Å²) in [5.41, 5.74) is 0.739. The van der Waals surface area contributed by atoms with E-state index < -0.39 is 9.84 Å². The molecule has 2 aromatic heterocycles. The Morgan fingerprint density at radius 2 is 2.00 bits per heavy atom. The quantitative estimate of drug-likeness (QED) is 0.854. The number of pyridine rings is 1. The lowest BCUT2D eigenvalue weighted by Crippen LogP contribution is -2.40. The highest BCUT2D eigenvalue weighted by Gasteiger charge is 2.28. The molecule has 0 aliphatic carbocycles. The summed E-state index contributed by atoms with van der Waals surface area (Å²) in [5.74, 6) is 0.376. The van der Waals surface area contributed by atoms with Gasteiger partial charge >= 0.3 is 0 Å². The van der Waals surface area contributed by atoms with Gasteiger partial charge in [0.15, 0.2) is 5.69 Å². The largest absolute Gasteiger partial charge is 0.337 e. The zero-order chi connectivity index (χ0) is 17.3. The minimum atomic E-state index is -3.52. The number of sulfone groups is 1. The summed E-state index contributed by atoms with van der Waals surface area (Å²) in [6, 6.07) is 5.22. The zero-order valence-electron chi connectivity index (χ0n) is 14.3. The van der Waals surface area contributed by atoms with Crippen molar-refractivity contribution in [3.05, 3.63) is 30.1 Å². The number of imidazole rings is 1. The van der Waals surface area contributed by atoms with E-state index >= 15 is 0 Å². The molecule has 0 saturated carbocycles. The lowest BCUT2D eigenvalue weighted by Gasteiger charge is -2.31. The minimum Gasteiger partial charge on any atom is -0.337 e. The Morgan fingerprint density at radius 3 is 2.60 bits per heavy atom. The van der Waals surface area contributed by atoms with Crippen LogP contribution in [0.2, 0.25) is 0 Å². The third-order valence-electron chi connectivity index (χ3n) is 4.44. The number of halogens is 1. The molecule has 3 heterocycles. The lowest BCUT2D eigenvalue weighted by molar-refractivity contribution is 0.0687. The van der Waals surface area contributed by atoms with Crippen LogP contribution in [0, 0.1) is 5.92 Å². The number of hydrogen-bond acceptors (Lipinski definition) is 5. The fourth-order valence-electron chi connectivity index (χ4n) is 3.21. The summed E-state index contributed by atoms with van der Waals surface area (Å²) in [7, 11) is -1.58. The minimum absolute atomic E-state index is 0. The molecule has 1 saturated heterocycles. The number of likely N-dealkylation sites (tertiary alicyclic amines) is 1. The average molecular weight is 387 g/mol. The second kappa shape index (κ2) is 7.72. The summed E-state index contributed by atoms with van der Waals surface area (Å²) in [6.07, 6.45) is 4.61. The molecule has 2 aromatic rings. The molecule has 0 atom stereocenters. The van der Waals surface area contributed by atoms with Crippen LogP contribution in [-0.4, -0.2) is 61.5 Å². The molecule has 0 unspecified atom stereocenters. The normalized spacial score (nSPS) is 16.0. The molecule has 0 bridgehead atoms. The van der Waals surface area contributed by atoms with Crippen molar-refractivity contribution in [3.63, 3.8) is 0 Å². The van der Waals surface area contributed by atoms with E-state index in [4.69, 9.17) is 0 Å². The highest BCUT2D eigenvalue weighted by atomic mass is 35.5. The number of amides is 1. The van der Waals surface area contributed by atoms with Crippen LogP contribution < -0.4 is 5.32 Å². The number of piperidine rings is 1. The van der Waals surface area contributed by atoms with Crippen LogP contribution in [0.4, 0.5) is 0 Å². The van der Waals surface area contributed by atoms with Gasteiger partial charge in [0.1, 0.15) is 0 Å². The Hall–Kier alpha value is -1.64. The summed E-state index contributed by atoms with van der Waals surface area (Å²) in [5, 5.41) is 3.08. The van der Waals surface area contributed by atoms with Crippen LogP contribution in [0.1, 0.15) is 23.3 Å². The summed E-state index contributed by atoms with van der Waals surface area (Å²) >= 11 is 0. The number of fused-ring (bicyclic) bond motifs is 1. The summed E-state index contributed by atoms with van der Waals surface area (Å²) in [6.45, 7) is 2.30. The van der Waals surface area contributed by atoms with Crippen LogP contribution in [-0.2, 0) is 9.84 Å². The van der Waals surface area contributed by atoms with Gasteiger partial charge in [0.05, 0.1) is 5.52 Å². The van der Waals surface area contributed by atoms with Crippen molar-refractivity contribution in [1.82, 2.24) is 19.6 Å². The summed E-state index contributed by atoms with van der Waals surface area (Å²) in [4.78, 5) is 18.8. The van der Waals surface area contributed by atoms with Gasteiger partial charge in [-0.15, -0.1) is 12.4 Å². The molecule has 0 radical (unpaired) electrons. The van der Waals surface area contributed by atoms with Crippen molar-refractivity contribution in [2.75, 3.05) is 32.9 Å². The molecule has 9 heteroatoms. The molecule has 0 aromatic carbocycles. The Kier molecular flexibility index (Phi) is 6.08. The van der Waals surface area contributed by atoms with Crippen molar-refractivity contribution in [2.24, 2.45) is 5.92 Å². The molecule has 1 aliphatic rings. The van der Waals surface area contributed by atoms with Gasteiger partial charge in [-0.3, -0.25) is 9.20 Å². The Labute approximate surface area is 153 Å². The molecule has 1 aliphatic heterocycles. The van der Waals surface area contributed by atoms with Gasteiger partial charge in [0, 0.05) is 25.5 Å². The molecule has 1 fully saturated rings. The zero-order valence-corrected chi connectivity index (χ0v) is 15.9. The third kappa shape index (κ3) is 3.96. The van der Waals surface area contributed by atoms with Gasteiger partial charge in [-0.25, -0.2) is 13.4 Å². The highest BCUT2D eigenvalue weighted by Crippen LogP contribution is 2.22. The lowest BCUT2D eigenvalue weighted by atomic mass is 9.96. The van der Waals surface area contributed by atoms with Gasteiger partial charge in [0.25, 0.3) is 5.91 Å². The molecule has 1 N–H and O–H groups in total. The maximum Gasteiger partial charge on any atom is 0.274 e. The number of hydrogen-bond donors (Lipinski definition) is 1. The highest BCUT2D eigenvalue weighted by molar-refractivity contribution is 7.90. The molecule has 3 rings (SSSR count). The second-order valence-electron chi connectivity index (χ2n) is 6.26. The molecular weight excluding hydrogens is 364 g/mol. The number of carbonyl (C=O) groups excluding carboxylic acids is 1. The van der Waals surface area contributed by atoms with Crippen LogP contribution in [0.3, 0.4) is 0 Å². The van der Waals surface area contributed by atoms with Gasteiger partial charge in [-0.1, -0.05) is 6.07 Å². The van der Waals surface area contributed by atoms with Crippen LogP contribution in [0.25, 0.3) is 5.52 Å². The molecule has 1 amide bonds. The van der Waals surface area contributed by atoms with Gasteiger partial charge in [-0.05, 0) is 44.5 Å². The van der Waals surface area contributed by atoms with Gasteiger partial charge < -0.3 is 10.2 Å². The van der Waals surface area contributed by atoms with Gasteiger partial charge in [-0.2, -0.15) is 0 Å². The van der Waals surface area contributed by atoms with E-state index in [-0.39, 0.29) is 29.2 Å². The number of aromatic nitrogens is 2. The maximum absolute atomic E-state index is 12.9. The molecular formula is C16H23ClN4O3S. The van der Waals surface area contributed by atoms with E-state index in [1.165, 1.54) is 4.40 Å². The fraction of sp³-hybridized carbons (Fsp3) is 0.500. The first-order valence-corrected chi connectivity index (χ1v) is 9.92. The first-order chi connectivity index (χ1) is 11.4. The van der Waals surface area contributed by atoms with E-state index in [9.17, 15) is 13.2 Å². The standard InChI is InChI=1S/C16H22N4O3S.ClH/c1-17-11-12-6-9-19(10-7-12)15(21)14-13-5-3-4-8-20(13)16(18-14)24(2,22)23;/h3-5,8,12,17H,6-7,9-11H2,1-2H3;1H. The van der Waals surface area contributed by atoms with Crippen molar-refractivity contribution in [3.8, 4) is 0 Å². The third-order valence-corrected chi connectivity index (χ3v) is 5.40. The molecule has 138 valence electrons. The first kappa shape index (κ1) is 19.7. The van der Waals surface area contributed by atoms with Crippen LogP contribution >= 0.6 is 12.4 Å². The topological polar surface area (TPSA) is 83.8 Å². The maximum atomic E-state index is 12.9. The van der Waals surface area contributed by atoms with E-state index in [0.717, 1.165) is 25.6 Å². The van der Waals surface area contributed by atoms with E-state index in [0.29, 0.717) is 24.5 Å². The average Bonchev–Trinajstić information content (AvgIpc) is 2.95. The fourth-order valence-corrected chi connectivity index (χ4v) is 3.98. The molecule has 0 spiro atoms. The van der Waals surface area contributed by atoms with Crippen LogP contribution in [0.15, 0.2) is 29.6 Å². The summed E-state index contributed by atoms with van der Waals surface area (Å²) < 4.78 is 25.4. The van der Waals surface area contributed by atoms with Crippen molar-refractivity contribution < 1.29 is 13.2 Å². The van der Waals surface area contributed by atoms with E-state index in [1.807, 2.05) is 7.05 Å². The van der Waals surface area contributed by atoms with E-state index in [1.54, 1.807) is 29.3 Å². The number of nitrogens with zero attached hydrogens (tertiary/aromatic N) is 3. The SMILES string of the molecule is CNCC1CCN(C(=O)c2nc(S(C)(=O)=O)n3ccccc23)CC1.Cl. The Morgan fingerprint density at radius 1 is 1.32 bits per heavy atom. The molecule has 25 heavy (non-hydrogen) atoms. The van der Waals surface area contributed by atoms with Crippen molar-refractivity contribution in [2.45, 2.75) is 18.0 Å². The number of nitrogens with one attached hydrogen (secondary N) is 1. The predicted molar refractivity (Wildman–Crippen MR) is 98.1 cm³/mol. The van der Waals surface area contributed by atoms with Crippen LogP contribution in [0.5, 0.6) is 0 Å². The van der Waals surface area contributed by atoms with Gasteiger partial charge in [0.2, 0.25) is 15.0 Å². The van der Waals surface area contributed by atoms with Crippen molar-refractivity contribution >= 4 is 33.7 Å². The predicted octanol–water partition coefficient (Wildman–Crippen LogP) is 1.23. The number of carbonyl (C=O) groups is 1. The van der Waals surface area contributed by atoms with Crippen molar-refractivity contribution in [1.29, 1.82) is 0 Å². The monoisotopic (exact) mass is 386 g/mol. The Balaban J connectivity index is 0.00000225. The number of rotatable bonds is 4.